The molecule has 0 spiro atoms. The van der Waals surface area contributed by atoms with Crippen LogP contribution in [0.2, 0.25) is 0 Å². The van der Waals surface area contributed by atoms with Gasteiger partial charge in [0.15, 0.2) is 17.0 Å². The van der Waals surface area contributed by atoms with E-state index in [1.54, 1.807) is 11.0 Å². The van der Waals surface area contributed by atoms with E-state index in [2.05, 4.69) is 20.1 Å². The van der Waals surface area contributed by atoms with Crippen LogP contribution in [-0.4, -0.2) is 66.3 Å². The molecule has 0 saturated carbocycles. The lowest BCUT2D eigenvalue weighted by Crippen LogP contribution is -2.48. The van der Waals surface area contributed by atoms with Gasteiger partial charge in [-0.05, 0) is 36.8 Å². The summed E-state index contributed by atoms with van der Waals surface area (Å²) >= 11 is 0. The molecule has 1 saturated heterocycles. The van der Waals surface area contributed by atoms with E-state index in [1.165, 1.54) is 6.07 Å². The molecule has 0 bridgehead atoms. The van der Waals surface area contributed by atoms with Gasteiger partial charge >= 0.3 is 6.18 Å². The van der Waals surface area contributed by atoms with E-state index in [-0.39, 0.29) is 17.0 Å². The molecule has 3 aromatic heterocycles. The molecular formula is C29H28F3N7O. The Morgan fingerprint density at radius 1 is 0.950 bits per heavy atom. The molecule has 1 amide bonds. The number of halogens is 3. The van der Waals surface area contributed by atoms with E-state index in [0.29, 0.717) is 31.7 Å². The first-order chi connectivity index (χ1) is 19.2. The minimum atomic E-state index is -4.69. The molecule has 40 heavy (non-hydrogen) atoms. The van der Waals surface area contributed by atoms with Crippen LogP contribution >= 0.6 is 0 Å². The molecule has 206 valence electrons. The van der Waals surface area contributed by atoms with Gasteiger partial charge in [0.05, 0.1) is 11.4 Å². The summed E-state index contributed by atoms with van der Waals surface area (Å²) in [6.07, 6.45) is -2.64. The van der Waals surface area contributed by atoms with Gasteiger partial charge in [-0.2, -0.15) is 23.4 Å². The van der Waals surface area contributed by atoms with E-state index in [1.807, 2.05) is 61.1 Å². The number of nitrogens with zero attached hydrogens (tertiary/aromatic N) is 7. The third-order valence-electron chi connectivity index (χ3n) is 7.41. The van der Waals surface area contributed by atoms with Crippen molar-refractivity contribution in [2.75, 3.05) is 26.2 Å². The number of piperazine rings is 1. The molecule has 1 aliphatic heterocycles. The van der Waals surface area contributed by atoms with E-state index >= 15 is 0 Å². The summed E-state index contributed by atoms with van der Waals surface area (Å²) in [5, 5.41) is 10.4. The van der Waals surface area contributed by atoms with Crippen LogP contribution in [-0.2, 0) is 19.3 Å². The molecule has 4 heterocycles. The SMILES string of the molecule is CCn1cc(CN2CCN(C(=O)c3cc4nc(-c5ccc6ccccc6c5)cc(C(F)(F)F)n4n3)CC2)c(C)n1. The van der Waals surface area contributed by atoms with Crippen LogP contribution in [0.5, 0.6) is 0 Å². The number of alkyl halides is 3. The fourth-order valence-electron chi connectivity index (χ4n) is 5.17. The van der Waals surface area contributed by atoms with Crippen molar-refractivity contribution in [3.8, 4) is 11.3 Å². The fourth-order valence-corrected chi connectivity index (χ4v) is 5.17. The van der Waals surface area contributed by atoms with Crippen LogP contribution in [0.1, 0.15) is 34.4 Å². The molecule has 1 fully saturated rings. The zero-order valence-electron chi connectivity index (χ0n) is 22.2. The predicted molar refractivity (Wildman–Crippen MR) is 145 cm³/mol. The lowest BCUT2D eigenvalue weighted by molar-refractivity contribution is -0.142. The number of carbonyl (C=O) groups excluding carboxylic acids is 1. The lowest BCUT2D eigenvalue weighted by atomic mass is 10.0. The van der Waals surface area contributed by atoms with Crippen molar-refractivity contribution >= 4 is 22.3 Å². The van der Waals surface area contributed by atoms with Crippen molar-refractivity contribution in [1.82, 2.24) is 34.2 Å². The topological polar surface area (TPSA) is 71.6 Å². The maximum atomic E-state index is 14.1. The van der Waals surface area contributed by atoms with Gasteiger partial charge in [0.25, 0.3) is 5.91 Å². The van der Waals surface area contributed by atoms with Gasteiger partial charge in [-0.1, -0.05) is 36.4 Å². The van der Waals surface area contributed by atoms with E-state index in [4.69, 9.17) is 0 Å². The van der Waals surface area contributed by atoms with Crippen LogP contribution in [0.4, 0.5) is 13.2 Å². The van der Waals surface area contributed by atoms with Crippen LogP contribution in [0.3, 0.4) is 0 Å². The van der Waals surface area contributed by atoms with E-state index in [9.17, 15) is 18.0 Å². The maximum absolute atomic E-state index is 14.1. The summed E-state index contributed by atoms with van der Waals surface area (Å²) in [6.45, 7) is 7.76. The summed E-state index contributed by atoms with van der Waals surface area (Å²) in [5.74, 6) is -0.402. The minimum absolute atomic E-state index is 0.0246. The monoisotopic (exact) mass is 547 g/mol. The zero-order chi connectivity index (χ0) is 28.0. The van der Waals surface area contributed by atoms with Gasteiger partial charge in [-0.25, -0.2) is 9.50 Å². The van der Waals surface area contributed by atoms with Gasteiger partial charge < -0.3 is 4.90 Å². The number of aromatic nitrogens is 5. The van der Waals surface area contributed by atoms with E-state index < -0.39 is 17.8 Å². The van der Waals surface area contributed by atoms with Crippen molar-refractivity contribution in [2.45, 2.75) is 33.1 Å². The normalized spacial score (nSPS) is 14.9. The predicted octanol–water partition coefficient (Wildman–Crippen LogP) is 5.05. The van der Waals surface area contributed by atoms with Crippen molar-refractivity contribution in [2.24, 2.45) is 0 Å². The molecule has 8 nitrogen and oxygen atoms in total. The number of amides is 1. The average molecular weight is 548 g/mol. The van der Waals surface area contributed by atoms with Crippen LogP contribution < -0.4 is 0 Å². The minimum Gasteiger partial charge on any atom is -0.335 e. The first kappa shape index (κ1) is 26.0. The van der Waals surface area contributed by atoms with Crippen molar-refractivity contribution in [1.29, 1.82) is 0 Å². The lowest BCUT2D eigenvalue weighted by Gasteiger charge is -2.34. The highest BCUT2D eigenvalue weighted by Crippen LogP contribution is 2.33. The van der Waals surface area contributed by atoms with Gasteiger partial charge in [-0.3, -0.25) is 14.4 Å². The van der Waals surface area contributed by atoms with Gasteiger partial charge in [0.1, 0.15) is 0 Å². The molecule has 6 rings (SSSR count). The molecule has 11 heteroatoms. The van der Waals surface area contributed by atoms with Crippen molar-refractivity contribution in [3.05, 3.63) is 83.4 Å². The Morgan fingerprint density at radius 3 is 2.40 bits per heavy atom. The Hall–Kier alpha value is -4.25. The first-order valence-electron chi connectivity index (χ1n) is 13.2. The third-order valence-corrected chi connectivity index (χ3v) is 7.41. The number of benzene rings is 2. The summed E-state index contributed by atoms with van der Waals surface area (Å²) in [6, 6.07) is 15.4. The molecular weight excluding hydrogens is 519 g/mol. The second-order valence-electron chi connectivity index (χ2n) is 10.0. The number of hydrogen-bond donors (Lipinski definition) is 0. The second kappa shape index (κ2) is 10.1. The highest BCUT2D eigenvalue weighted by molar-refractivity contribution is 5.93. The highest BCUT2D eigenvalue weighted by atomic mass is 19.4. The number of rotatable bonds is 5. The number of aryl methyl sites for hydroxylation is 2. The molecule has 0 N–H and O–H groups in total. The first-order valence-corrected chi connectivity index (χ1v) is 13.2. The smallest absolute Gasteiger partial charge is 0.335 e. The number of fused-ring (bicyclic) bond motifs is 2. The largest absolute Gasteiger partial charge is 0.433 e. The van der Waals surface area contributed by atoms with Gasteiger partial charge in [0.2, 0.25) is 0 Å². The van der Waals surface area contributed by atoms with Crippen LogP contribution in [0, 0.1) is 6.92 Å². The number of hydrogen-bond acceptors (Lipinski definition) is 5. The van der Waals surface area contributed by atoms with Gasteiger partial charge in [0, 0.05) is 62.7 Å². The summed E-state index contributed by atoms with van der Waals surface area (Å²) in [5.41, 5.74) is 1.80. The fraction of sp³-hybridized carbons (Fsp3) is 0.310. The Balaban J connectivity index is 1.25. The Kier molecular flexibility index (Phi) is 6.53. The summed E-state index contributed by atoms with van der Waals surface area (Å²) in [7, 11) is 0. The summed E-state index contributed by atoms with van der Waals surface area (Å²) < 4.78 is 45.0. The van der Waals surface area contributed by atoms with Crippen molar-refractivity contribution < 1.29 is 18.0 Å². The molecule has 5 aromatic rings. The van der Waals surface area contributed by atoms with E-state index in [0.717, 1.165) is 45.7 Å². The van der Waals surface area contributed by atoms with Crippen molar-refractivity contribution in [3.63, 3.8) is 0 Å². The third kappa shape index (κ3) is 4.92. The summed E-state index contributed by atoms with van der Waals surface area (Å²) in [4.78, 5) is 21.7. The quantitative estimate of drug-likeness (QED) is 0.308. The Morgan fingerprint density at radius 2 is 1.70 bits per heavy atom. The molecule has 0 aliphatic carbocycles. The number of carbonyl (C=O) groups is 1. The highest BCUT2D eigenvalue weighted by Gasteiger charge is 2.36. The molecule has 0 atom stereocenters. The van der Waals surface area contributed by atoms with Crippen LogP contribution in [0.15, 0.2) is 60.8 Å². The maximum Gasteiger partial charge on any atom is 0.433 e. The second-order valence-corrected chi connectivity index (χ2v) is 10.0. The zero-order valence-corrected chi connectivity index (χ0v) is 22.2. The molecule has 1 aliphatic rings. The Bertz CT molecular complexity index is 1710. The molecule has 0 unspecified atom stereocenters. The Labute approximate surface area is 228 Å². The average Bonchev–Trinajstić information content (AvgIpc) is 3.54. The molecule has 0 radical (unpaired) electrons. The van der Waals surface area contributed by atoms with Crippen LogP contribution in [0.25, 0.3) is 27.7 Å². The standard InChI is InChI=1S/C29H28F3N7O/c1-3-38-18-23(19(2)34-38)17-36-10-12-37(13-11-36)28(40)25-16-27-33-24(15-26(29(30,31)32)39(27)35-25)22-9-8-20-6-4-5-7-21(20)14-22/h4-9,14-16,18H,3,10-13,17H2,1-2H3. The van der Waals surface area contributed by atoms with Gasteiger partial charge in [-0.15, -0.1) is 0 Å². The molecule has 2 aromatic carbocycles.